The van der Waals surface area contributed by atoms with Gasteiger partial charge in [0.2, 0.25) is 0 Å². The first-order chi connectivity index (χ1) is 14.0. The van der Waals surface area contributed by atoms with Crippen LogP contribution < -0.4 is 0 Å². The van der Waals surface area contributed by atoms with Gasteiger partial charge >= 0.3 is 5.97 Å². The molecule has 1 aromatic carbocycles. The monoisotopic (exact) mass is 420 g/mol. The number of unbranched alkanes of at least 4 members (excludes halogenated alkanes) is 2. The Hall–Kier alpha value is -1.73. The molecule has 5 nitrogen and oxygen atoms in total. The molecule has 0 bridgehead atoms. The molecule has 0 aliphatic rings. The van der Waals surface area contributed by atoms with Gasteiger partial charge < -0.3 is 20.1 Å². The van der Waals surface area contributed by atoms with Gasteiger partial charge in [-0.25, -0.2) is 0 Å². The maximum atomic E-state index is 11.2. The predicted octanol–water partition coefficient (Wildman–Crippen LogP) is 4.59. The molecule has 0 saturated heterocycles. The van der Waals surface area contributed by atoms with E-state index in [9.17, 15) is 20.1 Å². The van der Waals surface area contributed by atoms with Gasteiger partial charge in [-0.2, -0.15) is 0 Å². The van der Waals surface area contributed by atoms with Crippen LogP contribution in [-0.2, 0) is 9.53 Å². The van der Waals surface area contributed by atoms with Crippen molar-refractivity contribution < 1.29 is 24.9 Å². The van der Waals surface area contributed by atoms with Crippen LogP contribution in [-0.4, -0.2) is 40.6 Å². The number of carbonyl (C=O) groups is 1. The summed E-state index contributed by atoms with van der Waals surface area (Å²) < 4.78 is 5.67. The molecule has 2 aromatic rings. The van der Waals surface area contributed by atoms with Gasteiger partial charge in [0.25, 0.3) is 0 Å². The van der Waals surface area contributed by atoms with E-state index in [1.165, 1.54) is 7.11 Å². The maximum absolute atomic E-state index is 11.2. The Morgan fingerprint density at radius 2 is 1.90 bits per heavy atom. The maximum Gasteiger partial charge on any atom is 0.305 e. The first-order valence-corrected chi connectivity index (χ1v) is 11.1. The van der Waals surface area contributed by atoms with Crippen LogP contribution in [0.5, 0.6) is 0 Å². The molecule has 0 fully saturated rings. The Labute approximate surface area is 176 Å². The number of methoxy groups -OCH3 is 1. The lowest BCUT2D eigenvalue weighted by Gasteiger charge is -2.14. The molecule has 1 heterocycles. The van der Waals surface area contributed by atoms with E-state index in [4.69, 9.17) is 0 Å². The van der Waals surface area contributed by atoms with Gasteiger partial charge in [-0.1, -0.05) is 56.5 Å². The average Bonchev–Trinajstić information content (AvgIpc) is 3.10. The topological polar surface area (TPSA) is 87.0 Å². The molecular weight excluding hydrogens is 388 g/mol. The molecule has 3 N–H and O–H groups in total. The number of carbonyl (C=O) groups excluding carboxylic acids is 1. The lowest BCUT2D eigenvalue weighted by molar-refractivity contribution is -0.140. The number of benzene rings is 1. The zero-order valence-corrected chi connectivity index (χ0v) is 18.0. The Bertz CT molecular complexity index is 798. The Balaban J connectivity index is 2.12. The summed E-state index contributed by atoms with van der Waals surface area (Å²) in [4.78, 5) is 12.1. The van der Waals surface area contributed by atoms with E-state index in [0.717, 1.165) is 39.8 Å². The van der Waals surface area contributed by atoms with E-state index in [1.54, 1.807) is 23.5 Å². The standard InChI is InChI=1S/C23H32O5S/c1-3-4-5-10-20(26)23-17(16-9-6-7-12-21(16)29-23)14-15-19(25)18(24)11-8-13-22(27)28-2/h6-7,9,12,14-15,18-20,24-26H,3-5,8,10-11,13H2,1-2H3/b15-14+/t18-,19+,20+/m0/s1. The molecule has 0 spiro atoms. The second-order valence-corrected chi connectivity index (χ2v) is 8.36. The SMILES string of the molecule is CCCCC[C@@H](O)c1sc2ccccc2c1/C=C/[C@@H](O)[C@@H](O)CCCC(=O)OC. The number of ether oxygens (including phenoxy) is 1. The van der Waals surface area contributed by atoms with Crippen LogP contribution in [0.3, 0.4) is 0 Å². The van der Waals surface area contributed by atoms with Crippen molar-refractivity contribution in [1.29, 1.82) is 0 Å². The van der Waals surface area contributed by atoms with Gasteiger partial charge in [0, 0.05) is 21.4 Å². The molecule has 1 aromatic heterocycles. The van der Waals surface area contributed by atoms with Crippen molar-refractivity contribution in [3.8, 4) is 0 Å². The molecule has 3 atom stereocenters. The number of hydrogen-bond donors (Lipinski definition) is 3. The van der Waals surface area contributed by atoms with Crippen molar-refractivity contribution in [1.82, 2.24) is 0 Å². The van der Waals surface area contributed by atoms with E-state index >= 15 is 0 Å². The normalized spacial score (nSPS) is 14.9. The van der Waals surface area contributed by atoms with E-state index < -0.39 is 18.3 Å². The summed E-state index contributed by atoms with van der Waals surface area (Å²) in [5.41, 5.74) is 0.899. The average molecular weight is 421 g/mol. The lowest BCUT2D eigenvalue weighted by atomic mass is 10.0. The smallest absolute Gasteiger partial charge is 0.305 e. The molecule has 0 aliphatic heterocycles. The molecule has 0 saturated carbocycles. The number of esters is 1. The summed E-state index contributed by atoms with van der Waals surface area (Å²) in [6, 6.07) is 7.96. The van der Waals surface area contributed by atoms with Crippen LogP contribution in [0.4, 0.5) is 0 Å². The summed E-state index contributed by atoms with van der Waals surface area (Å²) >= 11 is 1.57. The fourth-order valence-corrected chi connectivity index (χ4v) is 4.49. The van der Waals surface area contributed by atoms with Gasteiger partial charge in [-0.05, 0) is 30.9 Å². The number of thiophene rings is 1. The molecule has 6 heteroatoms. The van der Waals surface area contributed by atoms with Crippen molar-refractivity contribution in [2.24, 2.45) is 0 Å². The van der Waals surface area contributed by atoms with Crippen molar-refractivity contribution in [2.45, 2.75) is 70.2 Å². The van der Waals surface area contributed by atoms with Crippen LogP contribution in [0.25, 0.3) is 16.2 Å². The third kappa shape index (κ3) is 6.93. The minimum atomic E-state index is -1.05. The van der Waals surface area contributed by atoms with Gasteiger partial charge in [0.1, 0.15) is 0 Å². The fraction of sp³-hybridized carbons (Fsp3) is 0.522. The van der Waals surface area contributed by atoms with Crippen molar-refractivity contribution >= 4 is 33.5 Å². The zero-order valence-electron chi connectivity index (χ0n) is 17.2. The summed E-state index contributed by atoms with van der Waals surface area (Å²) in [6.07, 6.45) is 5.65. The van der Waals surface area contributed by atoms with Gasteiger partial charge in [0.05, 0.1) is 25.4 Å². The highest BCUT2D eigenvalue weighted by Gasteiger charge is 2.18. The molecule has 0 amide bonds. The minimum absolute atomic E-state index is 0.216. The van der Waals surface area contributed by atoms with Gasteiger partial charge in [-0.3, -0.25) is 4.79 Å². The van der Waals surface area contributed by atoms with Crippen LogP contribution in [0, 0.1) is 0 Å². The van der Waals surface area contributed by atoms with Gasteiger partial charge in [0.15, 0.2) is 0 Å². The second kappa shape index (κ2) is 12.1. The highest BCUT2D eigenvalue weighted by atomic mass is 32.1. The predicted molar refractivity (Wildman–Crippen MR) is 118 cm³/mol. The summed E-state index contributed by atoms with van der Waals surface area (Å²) in [5, 5.41) is 32.2. The zero-order chi connectivity index (χ0) is 21.2. The number of hydrogen-bond acceptors (Lipinski definition) is 6. The van der Waals surface area contributed by atoms with Crippen LogP contribution in [0.15, 0.2) is 30.3 Å². The highest BCUT2D eigenvalue weighted by molar-refractivity contribution is 7.19. The largest absolute Gasteiger partial charge is 0.469 e. The van der Waals surface area contributed by atoms with Crippen molar-refractivity contribution in [3.63, 3.8) is 0 Å². The van der Waals surface area contributed by atoms with Crippen LogP contribution in [0.2, 0.25) is 0 Å². The van der Waals surface area contributed by atoms with Crippen molar-refractivity contribution in [2.75, 3.05) is 7.11 Å². The number of fused-ring (bicyclic) bond motifs is 1. The number of aliphatic hydroxyl groups is 3. The second-order valence-electron chi connectivity index (χ2n) is 7.27. The molecule has 29 heavy (non-hydrogen) atoms. The van der Waals surface area contributed by atoms with E-state index in [-0.39, 0.29) is 12.4 Å². The lowest BCUT2D eigenvalue weighted by Crippen LogP contribution is -2.23. The molecule has 0 radical (unpaired) electrons. The molecule has 0 unspecified atom stereocenters. The molecular formula is C23H32O5S. The number of rotatable bonds is 12. The third-order valence-electron chi connectivity index (χ3n) is 5.01. The summed E-state index contributed by atoms with van der Waals surface area (Å²) in [6.45, 7) is 2.14. The van der Waals surface area contributed by atoms with E-state index in [0.29, 0.717) is 19.3 Å². The Morgan fingerprint density at radius 3 is 2.62 bits per heavy atom. The van der Waals surface area contributed by atoms with Crippen LogP contribution in [0.1, 0.15) is 68.4 Å². The third-order valence-corrected chi connectivity index (χ3v) is 6.30. The minimum Gasteiger partial charge on any atom is -0.469 e. The molecule has 2 rings (SSSR count). The van der Waals surface area contributed by atoms with Crippen molar-refractivity contribution in [3.05, 3.63) is 40.8 Å². The number of aliphatic hydroxyl groups excluding tert-OH is 3. The Kier molecular flexibility index (Phi) is 9.81. The quantitative estimate of drug-likeness (QED) is 0.345. The Morgan fingerprint density at radius 1 is 1.14 bits per heavy atom. The van der Waals surface area contributed by atoms with Gasteiger partial charge in [-0.15, -0.1) is 11.3 Å². The first-order valence-electron chi connectivity index (χ1n) is 10.3. The molecule has 0 aliphatic carbocycles. The summed E-state index contributed by atoms with van der Waals surface area (Å²) in [5.74, 6) is -0.325. The van der Waals surface area contributed by atoms with E-state index in [2.05, 4.69) is 11.7 Å². The summed E-state index contributed by atoms with van der Waals surface area (Å²) in [7, 11) is 1.33. The molecule has 160 valence electrons. The van der Waals surface area contributed by atoms with E-state index in [1.807, 2.05) is 24.3 Å². The van der Waals surface area contributed by atoms with Crippen LogP contribution >= 0.6 is 11.3 Å². The fourth-order valence-electron chi connectivity index (χ4n) is 3.27. The first kappa shape index (κ1) is 23.5. The highest BCUT2D eigenvalue weighted by Crippen LogP contribution is 2.38.